The topological polar surface area (TPSA) is 126 Å². The summed E-state index contributed by atoms with van der Waals surface area (Å²) >= 11 is 2.24. The highest BCUT2D eigenvalue weighted by Crippen LogP contribution is 2.34. The van der Waals surface area contributed by atoms with Crippen molar-refractivity contribution in [2.24, 2.45) is 10.7 Å². The van der Waals surface area contributed by atoms with E-state index in [1.165, 1.54) is 18.2 Å². The van der Waals surface area contributed by atoms with Gasteiger partial charge in [0.2, 0.25) is 11.9 Å². The Labute approximate surface area is 259 Å². The van der Waals surface area contributed by atoms with Crippen LogP contribution in [0.4, 0.5) is 20.4 Å². The van der Waals surface area contributed by atoms with E-state index in [1.807, 2.05) is 18.2 Å². The number of carbonyl (C=O) groups is 2. The summed E-state index contributed by atoms with van der Waals surface area (Å²) in [6, 6.07) is 15.9. The van der Waals surface area contributed by atoms with Crippen LogP contribution in [0.15, 0.2) is 71.9 Å². The third-order valence-electron chi connectivity index (χ3n) is 7.41. The number of hydrogen-bond acceptors (Lipinski definition) is 7. The lowest BCUT2D eigenvalue weighted by atomic mass is 9.93. The minimum absolute atomic E-state index is 0.145. The Balaban J connectivity index is 1.28. The van der Waals surface area contributed by atoms with Gasteiger partial charge in [0.25, 0.3) is 5.91 Å². The van der Waals surface area contributed by atoms with Crippen LogP contribution >= 0.6 is 22.6 Å². The zero-order chi connectivity index (χ0) is 30.1. The molecule has 0 spiro atoms. The summed E-state index contributed by atoms with van der Waals surface area (Å²) in [5, 5.41) is 6.19. The molecular formula is C31H26F2IN7O2. The van der Waals surface area contributed by atoms with E-state index in [0.29, 0.717) is 57.1 Å². The molecule has 1 fully saturated rings. The second kappa shape index (κ2) is 12.1. The molecule has 43 heavy (non-hydrogen) atoms. The molecule has 218 valence electrons. The molecule has 4 N–H and O–H groups in total. The van der Waals surface area contributed by atoms with E-state index in [2.05, 4.69) is 43.2 Å². The molecule has 3 heterocycles. The molecule has 1 aromatic heterocycles. The molecule has 12 heteroatoms. The van der Waals surface area contributed by atoms with Crippen molar-refractivity contribution >= 4 is 51.8 Å². The molecule has 4 aromatic rings. The maximum atomic E-state index is 14.9. The van der Waals surface area contributed by atoms with Crippen LogP contribution in [0.3, 0.4) is 0 Å². The lowest BCUT2D eigenvalue weighted by molar-refractivity contribution is -0.120. The molecule has 2 aliphatic heterocycles. The van der Waals surface area contributed by atoms with Crippen molar-refractivity contribution in [1.82, 2.24) is 20.2 Å². The van der Waals surface area contributed by atoms with E-state index in [0.717, 1.165) is 5.56 Å². The summed E-state index contributed by atoms with van der Waals surface area (Å²) in [6.07, 6.45) is 1.66. The van der Waals surface area contributed by atoms with Gasteiger partial charge in [-0.25, -0.2) is 18.7 Å². The Morgan fingerprint density at radius 1 is 1.07 bits per heavy atom. The number of halogens is 3. The van der Waals surface area contributed by atoms with Crippen LogP contribution in [0.1, 0.15) is 32.6 Å². The summed E-state index contributed by atoms with van der Waals surface area (Å²) in [5.41, 5.74) is 10.2. The van der Waals surface area contributed by atoms with E-state index in [1.54, 1.807) is 35.4 Å². The molecule has 1 unspecified atom stereocenters. The number of fused-ring (bicyclic) bond motifs is 3. The number of nitrogens with zero attached hydrogens (tertiary/aromatic N) is 4. The summed E-state index contributed by atoms with van der Waals surface area (Å²) in [4.78, 5) is 40.0. The van der Waals surface area contributed by atoms with Gasteiger partial charge in [-0.2, -0.15) is 0 Å². The number of hydrogen-bond donors (Lipinski definition) is 3. The molecule has 6 rings (SSSR count). The average Bonchev–Trinajstić information content (AvgIpc) is 3.17. The highest BCUT2D eigenvalue weighted by molar-refractivity contribution is 14.1. The summed E-state index contributed by atoms with van der Waals surface area (Å²) in [5.74, 6) is -1.74. The van der Waals surface area contributed by atoms with Crippen LogP contribution in [0, 0.1) is 11.6 Å². The van der Waals surface area contributed by atoms with Crippen LogP contribution in [0.25, 0.3) is 11.3 Å². The van der Waals surface area contributed by atoms with Crippen molar-refractivity contribution in [3.63, 3.8) is 0 Å². The van der Waals surface area contributed by atoms with Crippen LogP contribution in [-0.2, 0) is 15.8 Å². The van der Waals surface area contributed by atoms with Crippen molar-refractivity contribution < 1.29 is 18.4 Å². The van der Waals surface area contributed by atoms with Gasteiger partial charge in [-0.3, -0.25) is 14.6 Å². The molecule has 1 atom stereocenters. The van der Waals surface area contributed by atoms with E-state index in [9.17, 15) is 18.4 Å². The summed E-state index contributed by atoms with van der Waals surface area (Å²) < 4.78 is 30.5. The number of aliphatic imine (C=N–C) groups is 1. The fraction of sp³-hybridized carbons (Fsp3) is 0.194. The van der Waals surface area contributed by atoms with Gasteiger partial charge >= 0.3 is 0 Å². The second-order valence-corrected chi connectivity index (χ2v) is 11.0. The van der Waals surface area contributed by atoms with Gasteiger partial charge in [0, 0.05) is 58.2 Å². The van der Waals surface area contributed by atoms with Gasteiger partial charge in [0.15, 0.2) is 0 Å². The number of alkyl halides is 1. The van der Waals surface area contributed by atoms with Crippen molar-refractivity contribution in [3.8, 4) is 11.3 Å². The zero-order valence-electron chi connectivity index (χ0n) is 22.8. The smallest absolute Gasteiger partial charge is 0.253 e. The quantitative estimate of drug-likeness (QED) is 0.204. The monoisotopic (exact) mass is 693 g/mol. The van der Waals surface area contributed by atoms with Gasteiger partial charge in [0.05, 0.1) is 23.5 Å². The van der Waals surface area contributed by atoms with Gasteiger partial charge in [-0.05, 0) is 48.0 Å². The predicted octanol–water partition coefficient (Wildman–Crippen LogP) is 4.35. The first-order valence-electron chi connectivity index (χ1n) is 13.6. The first-order valence-corrected chi connectivity index (χ1v) is 15.1. The minimum Gasteiger partial charge on any atom is -0.368 e. The summed E-state index contributed by atoms with van der Waals surface area (Å²) in [6.45, 7) is 1.32. The predicted molar refractivity (Wildman–Crippen MR) is 168 cm³/mol. The minimum atomic E-state index is -0.685. The highest BCUT2D eigenvalue weighted by atomic mass is 127. The lowest BCUT2D eigenvalue weighted by Gasteiger charge is -2.32. The van der Waals surface area contributed by atoms with E-state index >= 15 is 0 Å². The highest BCUT2D eigenvalue weighted by Gasteiger charge is 2.28. The number of carbonyl (C=O) groups excluding carboxylic acids is 2. The first-order chi connectivity index (χ1) is 20.8. The van der Waals surface area contributed by atoms with Gasteiger partial charge in [-0.1, -0.05) is 40.8 Å². The van der Waals surface area contributed by atoms with Crippen molar-refractivity contribution in [1.29, 1.82) is 0 Å². The van der Waals surface area contributed by atoms with Crippen molar-refractivity contribution in [2.75, 3.05) is 25.0 Å². The number of rotatable bonds is 6. The normalized spacial score (nSPS) is 16.0. The number of nitrogens with one attached hydrogen (secondary N) is 2. The lowest BCUT2D eigenvalue weighted by Crippen LogP contribution is -2.57. The molecule has 0 aliphatic carbocycles. The molecular weight excluding hydrogens is 667 g/mol. The van der Waals surface area contributed by atoms with Gasteiger partial charge in [-0.15, -0.1) is 0 Å². The Bertz CT molecular complexity index is 1740. The molecule has 1 saturated heterocycles. The molecule has 9 nitrogen and oxygen atoms in total. The Hall–Kier alpha value is -4.30. The van der Waals surface area contributed by atoms with E-state index in [4.69, 9.17) is 10.7 Å². The van der Waals surface area contributed by atoms with Gasteiger partial charge < -0.3 is 21.3 Å². The van der Waals surface area contributed by atoms with Crippen molar-refractivity contribution in [3.05, 3.63) is 106 Å². The zero-order valence-corrected chi connectivity index (χ0v) is 24.9. The van der Waals surface area contributed by atoms with Gasteiger partial charge in [0.1, 0.15) is 17.7 Å². The molecule has 2 aliphatic rings. The van der Waals surface area contributed by atoms with Crippen molar-refractivity contribution in [2.45, 2.75) is 17.0 Å². The fourth-order valence-electron chi connectivity index (χ4n) is 5.21. The molecule has 2 amide bonds. The Morgan fingerprint density at radius 2 is 1.84 bits per heavy atom. The Kier molecular flexibility index (Phi) is 8.13. The number of amides is 2. The maximum absolute atomic E-state index is 14.9. The number of aromatic nitrogens is 2. The number of anilines is 2. The van der Waals surface area contributed by atoms with Crippen LogP contribution < -0.4 is 16.4 Å². The average molecular weight is 693 g/mol. The number of primary amides is 1. The van der Waals surface area contributed by atoms with E-state index in [-0.39, 0.29) is 30.3 Å². The molecule has 0 bridgehead atoms. The SMILES string of the molecule is NC(=O)C1CN(C(=O)c2ccc(Nc3ncc4c(n3)-c3ccc(CI)cc3C(c3c(F)cccc3F)=NC4)cc2)CCN1. The molecule has 3 aromatic carbocycles. The van der Waals surface area contributed by atoms with Crippen LogP contribution in [0.2, 0.25) is 0 Å². The summed E-state index contributed by atoms with van der Waals surface area (Å²) in [7, 11) is 0. The fourth-order valence-corrected chi connectivity index (χ4v) is 5.69. The second-order valence-electron chi connectivity index (χ2n) is 10.2. The van der Waals surface area contributed by atoms with Crippen LogP contribution in [0.5, 0.6) is 0 Å². The van der Waals surface area contributed by atoms with E-state index < -0.39 is 23.6 Å². The third-order valence-corrected chi connectivity index (χ3v) is 8.30. The van der Waals surface area contributed by atoms with Crippen LogP contribution in [-0.4, -0.2) is 58.1 Å². The number of nitrogens with two attached hydrogens (primary N) is 1. The third kappa shape index (κ3) is 5.84. The Morgan fingerprint density at radius 3 is 2.56 bits per heavy atom. The number of benzene rings is 3. The largest absolute Gasteiger partial charge is 0.368 e. The first kappa shape index (κ1) is 28.8. The standard InChI is InChI=1S/C31H26F2IN7O2/c32-23-2-1-3-24(33)26(23)28-22-12-17(13-34)4-9-21(22)27-19(14-37-28)15-38-31(40-27)39-20-7-5-18(6-8-20)30(43)41-11-10-36-25(16-41)29(35)42/h1-9,12,15,25,36H,10-11,13-14,16H2,(H2,35,42)(H,38,39,40). The molecule has 0 radical (unpaired) electrons. The molecule has 0 saturated carbocycles. The number of piperazine rings is 1. The maximum Gasteiger partial charge on any atom is 0.253 e.